The first kappa shape index (κ1) is 14.0. The van der Waals surface area contributed by atoms with Crippen LogP contribution in [0.25, 0.3) is 0 Å². The Balaban J connectivity index is 1.84. The maximum atomic E-state index is 11.9. The maximum Gasteiger partial charge on any atom is 0.223 e. The van der Waals surface area contributed by atoms with Crippen molar-refractivity contribution in [1.29, 1.82) is 0 Å². The van der Waals surface area contributed by atoms with Gasteiger partial charge >= 0.3 is 0 Å². The maximum absolute atomic E-state index is 11.9. The molecule has 0 unspecified atom stereocenters. The first-order chi connectivity index (χ1) is 9.24. The van der Waals surface area contributed by atoms with Crippen LogP contribution in [-0.4, -0.2) is 46.3 Å². The Morgan fingerprint density at radius 3 is 2.74 bits per heavy atom. The number of aryl methyl sites for hydroxylation is 1. The average molecular weight is 280 g/mol. The Bertz CT molecular complexity index is 438. The van der Waals surface area contributed by atoms with Crippen LogP contribution in [0.4, 0.5) is 5.13 Å². The number of carbonyl (C=O) groups is 1. The number of allylic oxidation sites excluding steroid dienone is 1. The zero-order chi connectivity index (χ0) is 13.7. The van der Waals surface area contributed by atoms with Crippen molar-refractivity contribution in [3.63, 3.8) is 0 Å². The lowest BCUT2D eigenvalue weighted by atomic mass is 10.2. The van der Waals surface area contributed by atoms with Gasteiger partial charge in [-0.25, -0.2) is 4.98 Å². The molecule has 1 aliphatic rings. The summed E-state index contributed by atoms with van der Waals surface area (Å²) in [5, 5.41) is 0.982. The molecule has 0 aromatic carbocycles. The van der Waals surface area contributed by atoms with Crippen molar-refractivity contribution in [3.05, 3.63) is 18.5 Å². The lowest BCUT2D eigenvalue weighted by molar-refractivity contribution is -0.131. The van der Waals surface area contributed by atoms with E-state index in [1.165, 1.54) is 11.5 Å². The summed E-state index contributed by atoms with van der Waals surface area (Å²) in [6, 6.07) is 0. The van der Waals surface area contributed by atoms with Crippen LogP contribution in [0, 0.1) is 0 Å². The van der Waals surface area contributed by atoms with Crippen LogP contribution >= 0.6 is 11.5 Å². The van der Waals surface area contributed by atoms with E-state index >= 15 is 0 Å². The van der Waals surface area contributed by atoms with Crippen LogP contribution in [0.5, 0.6) is 0 Å². The van der Waals surface area contributed by atoms with E-state index < -0.39 is 0 Å². The topological polar surface area (TPSA) is 49.3 Å². The molecular formula is C13H20N4OS. The normalized spacial score (nSPS) is 15.6. The largest absolute Gasteiger partial charge is 0.343 e. The third-order valence-corrected chi connectivity index (χ3v) is 4.05. The standard InChI is InChI=1S/C13H20N4OS/c1-3-5-6-12(18)16-7-9-17(10-8-16)13-14-11(4-2)15-19-13/h3H,1,4-10H2,2H3. The summed E-state index contributed by atoms with van der Waals surface area (Å²) in [7, 11) is 0. The predicted molar refractivity (Wildman–Crippen MR) is 77.5 cm³/mol. The van der Waals surface area contributed by atoms with Gasteiger partial charge in [0.2, 0.25) is 11.0 Å². The predicted octanol–water partition coefficient (Wildman–Crippen LogP) is 1.72. The Morgan fingerprint density at radius 2 is 2.16 bits per heavy atom. The highest BCUT2D eigenvalue weighted by Gasteiger charge is 2.22. The Morgan fingerprint density at radius 1 is 1.42 bits per heavy atom. The van der Waals surface area contributed by atoms with E-state index in [1.54, 1.807) is 6.08 Å². The fraction of sp³-hybridized carbons (Fsp3) is 0.615. The molecule has 5 nitrogen and oxygen atoms in total. The lowest BCUT2D eigenvalue weighted by Gasteiger charge is -2.34. The second-order valence-corrected chi connectivity index (χ2v) is 5.27. The molecule has 1 saturated heterocycles. The van der Waals surface area contributed by atoms with Gasteiger partial charge in [0, 0.05) is 50.6 Å². The molecule has 1 aliphatic heterocycles. The molecule has 104 valence electrons. The van der Waals surface area contributed by atoms with E-state index in [9.17, 15) is 4.79 Å². The fourth-order valence-electron chi connectivity index (χ4n) is 2.05. The SMILES string of the molecule is C=CCCC(=O)N1CCN(c2nc(CC)ns2)CC1. The van der Waals surface area contributed by atoms with Crippen molar-refractivity contribution in [1.82, 2.24) is 14.3 Å². The van der Waals surface area contributed by atoms with Gasteiger partial charge < -0.3 is 9.80 Å². The summed E-state index contributed by atoms with van der Waals surface area (Å²) in [6.45, 7) is 8.95. The molecule has 0 aliphatic carbocycles. The summed E-state index contributed by atoms with van der Waals surface area (Å²) in [5.41, 5.74) is 0. The zero-order valence-corrected chi connectivity index (χ0v) is 12.2. The molecule has 19 heavy (non-hydrogen) atoms. The van der Waals surface area contributed by atoms with Gasteiger partial charge in [0.15, 0.2) is 0 Å². The summed E-state index contributed by atoms with van der Waals surface area (Å²) >= 11 is 1.45. The van der Waals surface area contributed by atoms with Crippen molar-refractivity contribution in [2.75, 3.05) is 31.1 Å². The molecule has 0 radical (unpaired) electrons. The van der Waals surface area contributed by atoms with E-state index in [2.05, 4.69) is 27.8 Å². The molecule has 1 aromatic rings. The quantitative estimate of drug-likeness (QED) is 0.771. The highest BCUT2D eigenvalue weighted by molar-refractivity contribution is 7.09. The van der Waals surface area contributed by atoms with Gasteiger partial charge in [-0.15, -0.1) is 6.58 Å². The lowest BCUT2D eigenvalue weighted by Crippen LogP contribution is -2.48. The molecule has 6 heteroatoms. The van der Waals surface area contributed by atoms with E-state index in [4.69, 9.17) is 0 Å². The van der Waals surface area contributed by atoms with Crippen LogP contribution in [0.1, 0.15) is 25.6 Å². The second-order valence-electron chi connectivity index (χ2n) is 4.54. The fourth-order valence-corrected chi connectivity index (χ4v) is 2.85. The van der Waals surface area contributed by atoms with Crippen molar-refractivity contribution in [3.8, 4) is 0 Å². The number of aromatic nitrogens is 2. The van der Waals surface area contributed by atoms with Crippen LogP contribution in [0.3, 0.4) is 0 Å². The van der Waals surface area contributed by atoms with E-state index in [-0.39, 0.29) is 5.91 Å². The zero-order valence-electron chi connectivity index (χ0n) is 11.3. The number of nitrogens with zero attached hydrogens (tertiary/aromatic N) is 4. The summed E-state index contributed by atoms with van der Waals surface area (Å²) in [4.78, 5) is 20.5. The molecular weight excluding hydrogens is 260 g/mol. The number of anilines is 1. The van der Waals surface area contributed by atoms with Crippen LogP contribution in [0.2, 0.25) is 0 Å². The monoisotopic (exact) mass is 280 g/mol. The highest BCUT2D eigenvalue weighted by atomic mass is 32.1. The Kier molecular flexibility index (Phi) is 4.90. The second kappa shape index (κ2) is 6.65. The number of piperazine rings is 1. The molecule has 1 amide bonds. The van der Waals surface area contributed by atoms with E-state index in [0.29, 0.717) is 6.42 Å². The van der Waals surface area contributed by atoms with Gasteiger partial charge in [0.25, 0.3) is 0 Å². The number of hydrogen-bond acceptors (Lipinski definition) is 5. The van der Waals surface area contributed by atoms with Crippen LogP contribution in [0.15, 0.2) is 12.7 Å². The van der Waals surface area contributed by atoms with Crippen molar-refractivity contribution in [2.45, 2.75) is 26.2 Å². The smallest absolute Gasteiger partial charge is 0.223 e. The third-order valence-electron chi connectivity index (χ3n) is 3.24. The third kappa shape index (κ3) is 3.53. The van der Waals surface area contributed by atoms with Crippen molar-refractivity contribution < 1.29 is 4.79 Å². The first-order valence-corrected chi connectivity index (χ1v) is 7.48. The minimum atomic E-state index is 0.228. The van der Waals surface area contributed by atoms with Crippen molar-refractivity contribution >= 4 is 22.6 Å². The molecule has 2 heterocycles. The molecule has 0 atom stereocenters. The summed E-state index contributed by atoms with van der Waals surface area (Å²) in [5.74, 6) is 1.13. The van der Waals surface area contributed by atoms with Gasteiger partial charge in [-0.05, 0) is 6.42 Å². The number of carbonyl (C=O) groups excluding carboxylic acids is 1. The van der Waals surface area contributed by atoms with Gasteiger partial charge in [-0.1, -0.05) is 13.0 Å². The molecule has 0 saturated carbocycles. The minimum absolute atomic E-state index is 0.228. The first-order valence-electron chi connectivity index (χ1n) is 6.70. The highest BCUT2D eigenvalue weighted by Crippen LogP contribution is 2.19. The molecule has 0 N–H and O–H groups in total. The summed E-state index contributed by atoms with van der Waals surface area (Å²) in [6.07, 6.45) is 4.00. The molecule has 2 rings (SSSR count). The Hall–Kier alpha value is -1.43. The molecule has 0 bridgehead atoms. The molecule has 0 spiro atoms. The number of hydrogen-bond donors (Lipinski definition) is 0. The van der Waals surface area contributed by atoms with Gasteiger partial charge in [-0.2, -0.15) is 4.37 Å². The summed E-state index contributed by atoms with van der Waals surface area (Å²) < 4.78 is 4.30. The van der Waals surface area contributed by atoms with Gasteiger partial charge in [0.1, 0.15) is 5.82 Å². The van der Waals surface area contributed by atoms with E-state index in [0.717, 1.165) is 50.0 Å². The van der Waals surface area contributed by atoms with Crippen molar-refractivity contribution in [2.24, 2.45) is 0 Å². The van der Waals surface area contributed by atoms with E-state index in [1.807, 2.05) is 4.90 Å². The van der Waals surface area contributed by atoms with Crippen LogP contribution < -0.4 is 4.90 Å². The molecule has 1 aromatic heterocycles. The average Bonchev–Trinajstić information content (AvgIpc) is 2.94. The Labute approximate surface area is 118 Å². The number of rotatable bonds is 5. The minimum Gasteiger partial charge on any atom is -0.343 e. The van der Waals surface area contributed by atoms with Crippen LogP contribution in [-0.2, 0) is 11.2 Å². The van der Waals surface area contributed by atoms with Gasteiger partial charge in [-0.3, -0.25) is 4.79 Å². The number of amides is 1. The molecule has 1 fully saturated rings. The van der Waals surface area contributed by atoms with Gasteiger partial charge in [0.05, 0.1) is 0 Å².